The highest BCUT2D eigenvalue weighted by Gasteiger charge is 2.48. The molecule has 0 bridgehead atoms. The lowest BCUT2D eigenvalue weighted by Crippen LogP contribution is -2.29. The first-order chi connectivity index (χ1) is 19.4. The highest BCUT2D eigenvalue weighted by Crippen LogP contribution is 2.46. The molecule has 1 unspecified atom stereocenters. The fourth-order valence-corrected chi connectivity index (χ4v) is 5.59. The summed E-state index contributed by atoms with van der Waals surface area (Å²) in [5, 5.41) is 11.7. The van der Waals surface area contributed by atoms with Gasteiger partial charge >= 0.3 is 5.91 Å². The van der Waals surface area contributed by atoms with Crippen molar-refractivity contribution >= 4 is 44.1 Å². The number of aliphatic hydroxyl groups is 1. The molecule has 1 aliphatic heterocycles. The number of rotatable bonds is 9. The Morgan fingerprint density at radius 1 is 1.05 bits per heavy atom. The number of Topliss-reactive ketones (excluding diaryl/α,β-unsaturated/α-hetero) is 1. The van der Waals surface area contributed by atoms with Gasteiger partial charge < -0.3 is 19.3 Å². The molecule has 4 aromatic rings. The fourth-order valence-electron chi connectivity index (χ4n) is 4.57. The summed E-state index contributed by atoms with van der Waals surface area (Å²) >= 11 is 1.08. The van der Waals surface area contributed by atoms with E-state index in [1.165, 1.54) is 30.2 Å². The van der Waals surface area contributed by atoms with Crippen LogP contribution in [0.25, 0.3) is 16.0 Å². The molecule has 206 valence electrons. The standard InChI is InChI=1S/C30H27FN2O6S/c1-4-13-39-20-8-6-7-18(14-20)27(34)25-26(17-9-12-22(38-5-2)23(15-17)37-3)33(29(36)28(25)35)30-32-21-11-10-19(31)16-24(21)40-30/h6-12,14-16,26,34H,4-5,13H2,1-3H3/b27-25+. The number of fused-ring (bicyclic) bond motifs is 1. The van der Waals surface area contributed by atoms with Crippen LogP contribution >= 0.6 is 11.3 Å². The predicted molar refractivity (Wildman–Crippen MR) is 151 cm³/mol. The molecule has 3 aromatic carbocycles. The van der Waals surface area contributed by atoms with Crippen molar-refractivity contribution in [2.45, 2.75) is 26.3 Å². The van der Waals surface area contributed by atoms with Crippen molar-refractivity contribution in [1.29, 1.82) is 0 Å². The molecule has 10 heteroatoms. The average molecular weight is 563 g/mol. The van der Waals surface area contributed by atoms with E-state index in [4.69, 9.17) is 14.2 Å². The van der Waals surface area contributed by atoms with Gasteiger partial charge in [-0.3, -0.25) is 14.5 Å². The second kappa shape index (κ2) is 11.4. The third-order valence-corrected chi connectivity index (χ3v) is 7.39. The fraction of sp³-hybridized carbons (Fsp3) is 0.233. The number of carbonyl (C=O) groups excluding carboxylic acids is 2. The van der Waals surface area contributed by atoms with E-state index in [0.29, 0.717) is 51.8 Å². The molecule has 8 nitrogen and oxygen atoms in total. The lowest BCUT2D eigenvalue weighted by atomic mass is 9.95. The molecule has 0 spiro atoms. The van der Waals surface area contributed by atoms with E-state index >= 15 is 0 Å². The maximum absolute atomic E-state index is 13.9. The number of amides is 1. The van der Waals surface area contributed by atoms with Crippen LogP contribution in [0.1, 0.15) is 37.4 Å². The molecule has 1 atom stereocenters. The molecule has 0 saturated carbocycles. The van der Waals surface area contributed by atoms with Gasteiger partial charge in [-0.2, -0.15) is 0 Å². The van der Waals surface area contributed by atoms with E-state index < -0.39 is 23.5 Å². The van der Waals surface area contributed by atoms with E-state index in [0.717, 1.165) is 17.8 Å². The first-order valence-corrected chi connectivity index (χ1v) is 13.6. The van der Waals surface area contributed by atoms with Gasteiger partial charge in [0, 0.05) is 5.56 Å². The molecule has 5 rings (SSSR count). The van der Waals surface area contributed by atoms with E-state index in [-0.39, 0.29) is 16.5 Å². The Labute approximate surface area is 234 Å². The normalized spacial score (nSPS) is 16.5. The van der Waals surface area contributed by atoms with Crippen molar-refractivity contribution in [1.82, 2.24) is 4.98 Å². The van der Waals surface area contributed by atoms with Crippen LogP contribution in [0.2, 0.25) is 0 Å². The minimum Gasteiger partial charge on any atom is -0.507 e. The number of hydrogen-bond acceptors (Lipinski definition) is 8. The lowest BCUT2D eigenvalue weighted by molar-refractivity contribution is -0.132. The number of anilines is 1. The smallest absolute Gasteiger partial charge is 0.301 e. The summed E-state index contributed by atoms with van der Waals surface area (Å²) in [4.78, 5) is 32.9. The number of ether oxygens (including phenoxy) is 3. The Balaban J connectivity index is 1.70. The highest BCUT2D eigenvalue weighted by molar-refractivity contribution is 7.22. The zero-order chi connectivity index (χ0) is 28.4. The van der Waals surface area contributed by atoms with Gasteiger partial charge in [-0.05, 0) is 61.4 Å². The lowest BCUT2D eigenvalue weighted by Gasteiger charge is -2.24. The number of hydrogen-bond donors (Lipinski definition) is 1. The minimum absolute atomic E-state index is 0.116. The van der Waals surface area contributed by atoms with E-state index in [1.54, 1.807) is 42.5 Å². The van der Waals surface area contributed by atoms with Crippen LogP contribution in [-0.4, -0.2) is 42.1 Å². The van der Waals surface area contributed by atoms with Crippen LogP contribution < -0.4 is 19.1 Å². The molecular weight excluding hydrogens is 535 g/mol. The third-order valence-electron chi connectivity index (χ3n) is 6.37. The Bertz CT molecular complexity index is 1630. The number of aromatic nitrogens is 1. The summed E-state index contributed by atoms with van der Waals surface area (Å²) in [5.41, 5.74) is 1.17. The zero-order valence-corrected chi connectivity index (χ0v) is 23.0. The number of benzene rings is 3. The Morgan fingerprint density at radius 2 is 1.88 bits per heavy atom. The van der Waals surface area contributed by atoms with Crippen LogP contribution in [0.3, 0.4) is 0 Å². The van der Waals surface area contributed by atoms with Crippen LogP contribution in [0, 0.1) is 5.82 Å². The maximum Gasteiger partial charge on any atom is 0.301 e. The summed E-state index contributed by atoms with van der Waals surface area (Å²) in [6.45, 7) is 4.72. The summed E-state index contributed by atoms with van der Waals surface area (Å²) in [7, 11) is 1.49. The number of thiazole rings is 1. The van der Waals surface area contributed by atoms with Crippen molar-refractivity contribution in [3.63, 3.8) is 0 Å². The van der Waals surface area contributed by atoms with Crippen molar-refractivity contribution < 1.29 is 33.3 Å². The zero-order valence-electron chi connectivity index (χ0n) is 22.1. The Hall–Kier alpha value is -4.44. The molecule has 1 N–H and O–H groups in total. The van der Waals surface area contributed by atoms with Gasteiger partial charge in [-0.15, -0.1) is 0 Å². The number of halogens is 1. The van der Waals surface area contributed by atoms with Crippen LogP contribution in [0.4, 0.5) is 9.52 Å². The quantitative estimate of drug-likeness (QED) is 0.146. The highest BCUT2D eigenvalue weighted by atomic mass is 32.1. The van der Waals surface area contributed by atoms with Gasteiger partial charge in [-0.1, -0.05) is 36.5 Å². The van der Waals surface area contributed by atoms with Crippen molar-refractivity contribution in [2.24, 2.45) is 0 Å². The molecule has 0 radical (unpaired) electrons. The minimum atomic E-state index is -1.05. The average Bonchev–Trinajstić information content (AvgIpc) is 3.49. The number of methoxy groups -OCH3 is 1. The second-order valence-electron chi connectivity index (χ2n) is 9.00. The van der Waals surface area contributed by atoms with Gasteiger partial charge in [-0.25, -0.2) is 9.37 Å². The Morgan fingerprint density at radius 3 is 2.62 bits per heavy atom. The van der Waals surface area contributed by atoms with Crippen molar-refractivity contribution in [3.05, 3.63) is 83.2 Å². The topological polar surface area (TPSA) is 98.2 Å². The van der Waals surface area contributed by atoms with Gasteiger partial charge in [0.15, 0.2) is 16.6 Å². The van der Waals surface area contributed by atoms with Crippen LogP contribution in [0.15, 0.2) is 66.2 Å². The number of nitrogens with zero attached hydrogens (tertiary/aromatic N) is 2. The molecule has 1 fully saturated rings. The molecule has 1 saturated heterocycles. The van der Waals surface area contributed by atoms with E-state index in [2.05, 4.69) is 4.98 Å². The van der Waals surface area contributed by atoms with Gasteiger partial charge in [0.05, 0.1) is 42.2 Å². The second-order valence-corrected chi connectivity index (χ2v) is 10.0. The molecular formula is C30H27FN2O6S. The predicted octanol–water partition coefficient (Wildman–Crippen LogP) is 6.26. The molecule has 0 aliphatic carbocycles. The summed E-state index contributed by atoms with van der Waals surface area (Å²) in [6, 6.07) is 14.8. The first-order valence-electron chi connectivity index (χ1n) is 12.8. The molecule has 1 aliphatic rings. The van der Waals surface area contributed by atoms with Crippen LogP contribution in [-0.2, 0) is 9.59 Å². The van der Waals surface area contributed by atoms with Gasteiger partial charge in [0.2, 0.25) is 0 Å². The SMILES string of the molecule is CCCOc1cccc(/C(O)=C2\C(=O)C(=O)N(c3nc4ccc(F)cc4s3)C2c2ccc(OCC)c(OC)c2)c1. The third kappa shape index (κ3) is 4.98. The molecule has 40 heavy (non-hydrogen) atoms. The number of ketones is 1. The summed E-state index contributed by atoms with van der Waals surface area (Å²) in [5.74, 6) is -1.13. The molecule has 1 amide bonds. The maximum atomic E-state index is 13.9. The molecule has 2 heterocycles. The van der Waals surface area contributed by atoms with E-state index in [9.17, 15) is 19.1 Å². The Kier molecular flexibility index (Phi) is 7.70. The summed E-state index contributed by atoms with van der Waals surface area (Å²) in [6.07, 6.45) is 0.799. The first kappa shape index (κ1) is 27.1. The van der Waals surface area contributed by atoms with Crippen molar-refractivity contribution in [3.8, 4) is 17.2 Å². The monoisotopic (exact) mass is 562 g/mol. The van der Waals surface area contributed by atoms with Crippen molar-refractivity contribution in [2.75, 3.05) is 25.2 Å². The van der Waals surface area contributed by atoms with Gasteiger partial charge in [0.1, 0.15) is 17.3 Å². The van der Waals surface area contributed by atoms with E-state index in [1.807, 2.05) is 13.8 Å². The number of aliphatic hydroxyl groups excluding tert-OH is 1. The number of carbonyl (C=O) groups is 2. The van der Waals surface area contributed by atoms with Crippen LogP contribution in [0.5, 0.6) is 17.2 Å². The largest absolute Gasteiger partial charge is 0.507 e. The summed E-state index contributed by atoms with van der Waals surface area (Å²) < 4.78 is 31.3. The molecule has 1 aromatic heterocycles. The van der Waals surface area contributed by atoms with Gasteiger partial charge in [0.25, 0.3) is 5.78 Å².